The number of aromatic nitrogens is 2. The van der Waals surface area contributed by atoms with Gasteiger partial charge in [0, 0.05) is 11.4 Å². The van der Waals surface area contributed by atoms with Crippen LogP contribution >= 0.6 is 22.9 Å². The van der Waals surface area contributed by atoms with Gasteiger partial charge >= 0.3 is 0 Å². The second-order valence-electron chi connectivity index (χ2n) is 5.92. The lowest BCUT2D eigenvalue weighted by atomic mass is 10.0. The predicted octanol–water partition coefficient (Wildman–Crippen LogP) is 3.55. The van der Waals surface area contributed by atoms with Gasteiger partial charge in [-0.05, 0) is 36.8 Å². The summed E-state index contributed by atoms with van der Waals surface area (Å²) in [4.78, 5) is 12.5. The summed E-state index contributed by atoms with van der Waals surface area (Å²) in [6.45, 7) is 1.78. The number of hydrogen-bond donors (Lipinski definition) is 2. The average molecular weight is 437 g/mol. The number of rotatable bonds is 7. The number of nitrogens with zero attached hydrogens (tertiary/aromatic N) is 2. The van der Waals surface area contributed by atoms with E-state index in [-0.39, 0.29) is 17.2 Å². The van der Waals surface area contributed by atoms with Gasteiger partial charge in [-0.3, -0.25) is 4.79 Å². The molecule has 1 amide bonds. The molecule has 1 heterocycles. The molecule has 0 aliphatic heterocycles. The molecule has 2 aromatic carbocycles. The predicted molar refractivity (Wildman–Crippen MR) is 109 cm³/mol. The number of hydrogen-bond acceptors (Lipinski definition) is 6. The highest BCUT2D eigenvalue weighted by atomic mass is 35.5. The first kappa shape index (κ1) is 20.4. The van der Waals surface area contributed by atoms with Crippen molar-refractivity contribution in [3.05, 3.63) is 70.2 Å². The Balaban J connectivity index is 1.81. The van der Waals surface area contributed by atoms with Gasteiger partial charge in [0.15, 0.2) is 0 Å². The molecule has 1 atom stereocenters. The minimum atomic E-state index is -3.85. The summed E-state index contributed by atoms with van der Waals surface area (Å²) < 4.78 is 28.1. The highest BCUT2D eigenvalue weighted by Gasteiger charge is 2.24. The van der Waals surface area contributed by atoms with Crippen LogP contribution in [0.25, 0.3) is 0 Å². The molecule has 0 saturated heterocycles. The summed E-state index contributed by atoms with van der Waals surface area (Å²) in [5, 5.41) is 11.9. The Bertz CT molecular complexity index is 1050. The molecule has 3 rings (SSSR count). The monoisotopic (exact) mass is 436 g/mol. The Morgan fingerprint density at radius 3 is 2.39 bits per heavy atom. The van der Waals surface area contributed by atoms with Gasteiger partial charge in [-0.2, -0.15) is 0 Å². The molecule has 28 heavy (non-hydrogen) atoms. The van der Waals surface area contributed by atoms with Gasteiger partial charge in [-0.1, -0.05) is 53.3 Å². The van der Waals surface area contributed by atoms with Crippen LogP contribution in [0, 0.1) is 6.92 Å². The highest BCUT2D eigenvalue weighted by molar-refractivity contribution is 7.89. The van der Waals surface area contributed by atoms with E-state index in [4.69, 9.17) is 11.6 Å². The van der Waals surface area contributed by atoms with Crippen molar-refractivity contribution in [3.8, 4) is 0 Å². The van der Waals surface area contributed by atoms with E-state index < -0.39 is 16.1 Å². The molecule has 0 radical (unpaired) electrons. The zero-order chi connectivity index (χ0) is 20.1. The summed E-state index contributed by atoms with van der Waals surface area (Å²) in [5.74, 6) is -0.371. The van der Waals surface area contributed by atoms with Crippen LogP contribution in [-0.2, 0) is 14.8 Å². The third-order valence-corrected chi connectivity index (χ3v) is 6.28. The van der Waals surface area contributed by atoms with Gasteiger partial charge in [0.1, 0.15) is 5.01 Å². The zero-order valence-electron chi connectivity index (χ0n) is 14.8. The SMILES string of the molecule is Cc1nnc(NC(=O)CC(NS(=O)(=O)c2ccc(Cl)cc2)c2ccccc2)s1. The molecular formula is C18H17ClN4O3S2. The van der Waals surface area contributed by atoms with Crippen molar-refractivity contribution in [1.82, 2.24) is 14.9 Å². The second kappa shape index (κ2) is 8.78. The van der Waals surface area contributed by atoms with Gasteiger partial charge in [-0.15, -0.1) is 10.2 Å². The first-order chi connectivity index (χ1) is 13.3. The Morgan fingerprint density at radius 1 is 1.11 bits per heavy atom. The molecule has 1 aromatic heterocycles. The minimum absolute atomic E-state index is 0.0676. The summed E-state index contributed by atoms with van der Waals surface area (Å²) >= 11 is 7.08. The molecule has 0 spiro atoms. The molecule has 1 unspecified atom stereocenters. The maximum Gasteiger partial charge on any atom is 0.241 e. The second-order valence-corrected chi connectivity index (χ2v) is 9.25. The summed E-state index contributed by atoms with van der Waals surface area (Å²) in [7, 11) is -3.85. The molecule has 0 fully saturated rings. The number of amides is 1. The van der Waals surface area contributed by atoms with Crippen molar-refractivity contribution in [2.75, 3.05) is 5.32 Å². The minimum Gasteiger partial charge on any atom is -0.300 e. The lowest BCUT2D eigenvalue weighted by Crippen LogP contribution is -2.31. The third kappa shape index (κ3) is 5.35. The lowest BCUT2D eigenvalue weighted by Gasteiger charge is -2.19. The highest BCUT2D eigenvalue weighted by Crippen LogP contribution is 2.23. The normalized spacial score (nSPS) is 12.5. The lowest BCUT2D eigenvalue weighted by molar-refractivity contribution is -0.116. The van der Waals surface area contributed by atoms with Crippen LogP contribution in [0.3, 0.4) is 0 Å². The maximum atomic E-state index is 12.8. The van der Waals surface area contributed by atoms with Crippen LogP contribution in [0.2, 0.25) is 5.02 Å². The number of anilines is 1. The van der Waals surface area contributed by atoms with Gasteiger partial charge in [0.25, 0.3) is 0 Å². The number of benzene rings is 2. The number of sulfonamides is 1. The largest absolute Gasteiger partial charge is 0.300 e. The van der Waals surface area contributed by atoms with E-state index in [1.165, 1.54) is 35.6 Å². The van der Waals surface area contributed by atoms with E-state index in [1.807, 2.05) is 6.07 Å². The molecule has 0 saturated carbocycles. The van der Waals surface area contributed by atoms with Crippen molar-refractivity contribution >= 4 is 44.0 Å². The molecule has 0 aliphatic rings. The Kier molecular flexibility index (Phi) is 6.40. The smallest absolute Gasteiger partial charge is 0.241 e. The van der Waals surface area contributed by atoms with E-state index in [2.05, 4.69) is 20.2 Å². The number of nitrogens with one attached hydrogen (secondary N) is 2. The van der Waals surface area contributed by atoms with Gasteiger partial charge < -0.3 is 5.32 Å². The van der Waals surface area contributed by atoms with Crippen LogP contribution in [-0.4, -0.2) is 24.5 Å². The first-order valence-electron chi connectivity index (χ1n) is 8.26. The quantitative estimate of drug-likeness (QED) is 0.589. The van der Waals surface area contributed by atoms with Crippen LogP contribution in [0.1, 0.15) is 23.0 Å². The fourth-order valence-electron chi connectivity index (χ4n) is 2.48. The molecule has 2 N–H and O–H groups in total. The van der Waals surface area contributed by atoms with Crippen molar-refractivity contribution in [1.29, 1.82) is 0 Å². The molecule has 7 nitrogen and oxygen atoms in total. The summed E-state index contributed by atoms with van der Waals surface area (Å²) in [6.07, 6.45) is -0.102. The Labute approximate surface area is 171 Å². The van der Waals surface area contributed by atoms with Gasteiger partial charge in [-0.25, -0.2) is 13.1 Å². The Morgan fingerprint density at radius 2 is 1.79 bits per heavy atom. The number of halogens is 1. The van der Waals surface area contributed by atoms with Crippen LogP contribution in [0.5, 0.6) is 0 Å². The van der Waals surface area contributed by atoms with Crippen LogP contribution in [0.4, 0.5) is 5.13 Å². The van der Waals surface area contributed by atoms with Gasteiger partial charge in [0.2, 0.25) is 21.1 Å². The number of aryl methyl sites for hydroxylation is 1. The van der Waals surface area contributed by atoms with E-state index in [0.717, 1.165) is 5.01 Å². The van der Waals surface area contributed by atoms with Crippen LogP contribution in [0.15, 0.2) is 59.5 Å². The fraction of sp³-hybridized carbons (Fsp3) is 0.167. The van der Waals surface area contributed by atoms with E-state index in [0.29, 0.717) is 15.7 Å². The van der Waals surface area contributed by atoms with Crippen molar-refractivity contribution in [2.45, 2.75) is 24.3 Å². The summed E-state index contributed by atoms with van der Waals surface area (Å²) in [6, 6.07) is 14.0. The molecule has 146 valence electrons. The van der Waals surface area contributed by atoms with Crippen molar-refractivity contribution in [3.63, 3.8) is 0 Å². The van der Waals surface area contributed by atoms with Gasteiger partial charge in [0.05, 0.1) is 10.9 Å². The number of carbonyl (C=O) groups excluding carboxylic acids is 1. The number of carbonyl (C=O) groups is 1. The molecule has 0 bridgehead atoms. The standard InChI is InChI=1S/C18H17ClN4O3S2/c1-12-21-22-18(27-12)20-17(24)11-16(13-5-3-2-4-6-13)23-28(25,26)15-9-7-14(19)8-10-15/h2-10,16,23H,11H2,1H3,(H,20,22,24). The fourth-order valence-corrected chi connectivity index (χ4v) is 4.44. The van der Waals surface area contributed by atoms with E-state index in [1.54, 1.807) is 31.2 Å². The van der Waals surface area contributed by atoms with Crippen molar-refractivity contribution < 1.29 is 13.2 Å². The Hall–Kier alpha value is -2.33. The molecule has 10 heteroatoms. The molecule has 3 aromatic rings. The average Bonchev–Trinajstić information content (AvgIpc) is 3.06. The first-order valence-corrected chi connectivity index (χ1v) is 10.9. The van der Waals surface area contributed by atoms with Crippen LogP contribution < -0.4 is 10.0 Å². The topological polar surface area (TPSA) is 101 Å². The zero-order valence-corrected chi connectivity index (χ0v) is 17.2. The molecule has 0 aliphatic carbocycles. The maximum absolute atomic E-state index is 12.8. The van der Waals surface area contributed by atoms with Crippen molar-refractivity contribution in [2.24, 2.45) is 0 Å². The van der Waals surface area contributed by atoms with E-state index in [9.17, 15) is 13.2 Å². The van der Waals surface area contributed by atoms with E-state index >= 15 is 0 Å². The molecular weight excluding hydrogens is 420 g/mol. The third-order valence-electron chi connectivity index (χ3n) is 3.79. The summed E-state index contributed by atoms with van der Waals surface area (Å²) in [5.41, 5.74) is 0.670.